The fraction of sp³-hybridized carbons (Fsp3) is 0.148. The first-order valence-corrected chi connectivity index (χ1v) is 10.8. The van der Waals surface area contributed by atoms with E-state index < -0.39 is 6.10 Å². The van der Waals surface area contributed by atoms with Crippen molar-refractivity contribution in [1.29, 1.82) is 0 Å². The highest BCUT2D eigenvalue weighted by molar-refractivity contribution is 5.80. The fourth-order valence-corrected chi connectivity index (χ4v) is 3.73. The van der Waals surface area contributed by atoms with E-state index in [1.807, 2.05) is 86.6 Å². The average molecular weight is 438 g/mol. The number of hydrogen-bond donors (Lipinski definition) is 3. The van der Waals surface area contributed by atoms with E-state index in [1.165, 1.54) is 0 Å². The van der Waals surface area contributed by atoms with Gasteiger partial charge in [-0.05, 0) is 59.9 Å². The highest BCUT2D eigenvalue weighted by Crippen LogP contribution is 2.30. The van der Waals surface area contributed by atoms with E-state index in [0.29, 0.717) is 11.8 Å². The normalized spacial score (nSPS) is 12.0. The van der Waals surface area contributed by atoms with E-state index in [4.69, 9.17) is 0 Å². The molecule has 0 aliphatic rings. The Morgan fingerprint density at radius 1 is 0.879 bits per heavy atom. The van der Waals surface area contributed by atoms with Gasteiger partial charge in [-0.15, -0.1) is 0 Å². The fourth-order valence-electron chi connectivity index (χ4n) is 3.73. The lowest BCUT2D eigenvalue weighted by atomic mass is 9.96. The predicted molar refractivity (Wildman–Crippen MR) is 135 cm³/mol. The van der Waals surface area contributed by atoms with Crippen LogP contribution in [0.1, 0.15) is 33.9 Å². The molecule has 1 atom stereocenters. The number of nitrogens with one attached hydrogen (secondary N) is 2. The molecule has 3 N–H and O–H groups in total. The van der Waals surface area contributed by atoms with Crippen LogP contribution in [0.25, 0.3) is 0 Å². The lowest BCUT2D eigenvalue weighted by Gasteiger charge is -2.18. The molecule has 33 heavy (non-hydrogen) atoms. The van der Waals surface area contributed by atoms with Crippen LogP contribution in [0.2, 0.25) is 0 Å². The van der Waals surface area contributed by atoms with E-state index in [1.54, 1.807) is 19.5 Å². The summed E-state index contributed by atoms with van der Waals surface area (Å²) in [5.74, 6) is 1.19. The van der Waals surface area contributed by atoms with Gasteiger partial charge in [-0.2, -0.15) is 4.98 Å². The Morgan fingerprint density at radius 3 is 2.24 bits per heavy atom. The molecule has 166 valence electrons. The maximum Gasteiger partial charge on any atom is 0.229 e. The monoisotopic (exact) mass is 437 g/mol. The van der Waals surface area contributed by atoms with E-state index in [9.17, 15) is 5.11 Å². The maximum absolute atomic E-state index is 10.8. The van der Waals surface area contributed by atoms with Crippen molar-refractivity contribution in [3.8, 4) is 0 Å². The van der Waals surface area contributed by atoms with E-state index in [2.05, 4.69) is 25.6 Å². The molecule has 6 nitrogen and oxygen atoms in total. The minimum atomic E-state index is -0.664. The maximum atomic E-state index is 10.8. The molecule has 0 saturated carbocycles. The first-order chi connectivity index (χ1) is 16.0. The second-order valence-electron chi connectivity index (χ2n) is 7.87. The van der Waals surface area contributed by atoms with Crippen molar-refractivity contribution in [2.24, 2.45) is 4.99 Å². The number of aromatic nitrogens is 2. The van der Waals surface area contributed by atoms with Gasteiger partial charge >= 0.3 is 0 Å². The number of aliphatic hydroxyl groups excluding tert-OH is 1. The van der Waals surface area contributed by atoms with Crippen LogP contribution >= 0.6 is 0 Å². The van der Waals surface area contributed by atoms with Gasteiger partial charge in [0, 0.05) is 30.8 Å². The molecule has 1 unspecified atom stereocenters. The quantitative estimate of drug-likeness (QED) is 0.323. The van der Waals surface area contributed by atoms with E-state index >= 15 is 0 Å². The van der Waals surface area contributed by atoms with E-state index in [-0.39, 0.29) is 0 Å². The van der Waals surface area contributed by atoms with Crippen molar-refractivity contribution in [3.05, 3.63) is 107 Å². The summed E-state index contributed by atoms with van der Waals surface area (Å²) >= 11 is 0. The Kier molecular flexibility index (Phi) is 6.76. The summed E-state index contributed by atoms with van der Waals surface area (Å²) in [5, 5.41) is 17.4. The Bertz CT molecular complexity index is 1230. The van der Waals surface area contributed by atoms with Gasteiger partial charge in [-0.3, -0.25) is 4.99 Å². The summed E-state index contributed by atoms with van der Waals surface area (Å²) in [5.41, 5.74) is 6.69. The summed E-state index contributed by atoms with van der Waals surface area (Å²) in [6.07, 6.45) is 2.86. The van der Waals surface area contributed by atoms with Crippen LogP contribution in [0.4, 0.5) is 23.1 Å². The minimum Gasteiger partial charge on any atom is -0.384 e. The Balaban J connectivity index is 1.52. The molecule has 0 bridgehead atoms. The van der Waals surface area contributed by atoms with Gasteiger partial charge in [0.05, 0.1) is 0 Å². The summed E-state index contributed by atoms with van der Waals surface area (Å²) in [6, 6.07) is 23.4. The van der Waals surface area contributed by atoms with Crippen molar-refractivity contribution in [2.75, 3.05) is 17.7 Å². The molecule has 0 amide bonds. The second-order valence-corrected chi connectivity index (χ2v) is 7.87. The molecule has 6 heteroatoms. The zero-order valence-corrected chi connectivity index (χ0v) is 18.9. The average Bonchev–Trinajstić information content (AvgIpc) is 2.83. The molecule has 1 aromatic heterocycles. The second kappa shape index (κ2) is 10.1. The molecule has 0 fully saturated rings. The Labute approximate surface area is 194 Å². The highest BCUT2D eigenvalue weighted by atomic mass is 16.3. The number of aliphatic hydroxyl groups is 1. The van der Waals surface area contributed by atoms with Crippen LogP contribution in [0.5, 0.6) is 0 Å². The van der Waals surface area contributed by atoms with E-state index in [0.717, 1.165) is 39.2 Å². The molecule has 0 saturated heterocycles. The van der Waals surface area contributed by atoms with Crippen LogP contribution in [-0.4, -0.2) is 28.3 Å². The first-order valence-electron chi connectivity index (χ1n) is 10.8. The van der Waals surface area contributed by atoms with Crippen LogP contribution in [0.15, 0.2) is 84.0 Å². The topological polar surface area (TPSA) is 82.4 Å². The summed E-state index contributed by atoms with van der Waals surface area (Å²) < 4.78 is 0. The predicted octanol–water partition coefficient (Wildman–Crippen LogP) is 5.71. The molecule has 1 heterocycles. The largest absolute Gasteiger partial charge is 0.384 e. The SMILES string of the molecule is CN=Cc1ccc(Nc2nccc(Nc3c(C)cc(C(O)c4ccccc4)cc3C)n2)cc1. The summed E-state index contributed by atoms with van der Waals surface area (Å²) in [7, 11) is 1.75. The molecule has 4 rings (SSSR count). The summed E-state index contributed by atoms with van der Waals surface area (Å²) in [6.45, 7) is 4.05. The lowest BCUT2D eigenvalue weighted by molar-refractivity contribution is 0.220. The highest BCUT2D eigenvalue weighted by Gasteiger charge is 2.14. The van der Waals surface area contributed by atoms with Crippen LogP contribution < -0.4 is 10.6 Å². The van der Waals surface area contributed by atoms with Crippen molar-refractivity contribution >= 4 is 29.4 Å². The van der Waals surface area contributed by atoms with Gasteiger partial charge in [0.2, 0.25) is 5.95 Å². The molecule has 0 aliphatic carbocycles. The first kappa shape index (κ1) is 22.2. The van der Waals surface area contributed by atoms with Gasteiger partial charge in [0.1, 0.15) is 11.9 Å². The zero-order chi connectivity index (χ0) is 23.2. The smallest absolute Gasteiger partial charge is 0.229 e. The molecule has 0 aliphatic heterocycles. The number of hydrogen-bond acceptors (Lipinski definition) is 6. The Hall–Kier alpha value is -4.03. The third kappa shape index (κ3) is 5.42. The molecule has 0 spiro atoms. The number of nitrogens with zero attached hydrogens (tertiary/aromatic N) is 3. The van der Waals surface area contributed by atoms with Crippen LogP contribution in [-0.2, 0) is 0 Å². The molecule has 4 aromatic rings. The lowest BCUT2D eigenvalue weighted by Crippen LogP contribution is -2.05. The third-order valence-corrected chi connectivity index (χ3v) is 5.34. The number of aliphatic imine (C=N–C) groups is 1. The van der Waals surface area contributed by atoms with Crippen molar-refractivity contribution in [1.82, 2.24) is 9.97 Å². The Morgan fingerprint density at radius 2 is 1.58 bits per heavy atom. The molecule has 0 radical (unpaired) electrons. The van der Waals surface area contributed by atoms with Crippen LogP contribution in [0.3, 0.4) is 0 Å². The number of aryl methyl sites for hydroxylation is 2. The molecule has 3 aromatic carbocycles. The van der Waals surface area contributed by atoms with Gasteiger partial charge in [0.25, 0.3) is 0 Å². The van der Waals surface area contributed by atoms with Gasteiger partial charge in [-0.25, -0.2) is 4.98 Å². The number of rotatable bonds is 7. The van der Waals surface area contributed by atoms with Gasteiger partial charge in [0.15, 0.2) is 0 Å². The zero-order valence-electron chi connectivity index (χ0n) is 18.9. The van der Waals surface area contributed by atoms with Crippen molar-refractivity contribution in [3.63, 3.8) is 0 Å². The number of anilines is 4. The van der Waals surface area contributed by atoms with Crippen molar-refractivity contribution < 1.29 is 5.11 Å². The van der Waals surface area contributed by atoms with Gasteiger partial charge < -0.3 is 15.7 Å². The standard InChI is InChI=1S/C27H27N5O/c1-18-15-22(26(33)21-7-5-4-6-8-21)16-19(2)25(18)31-24-13-14-29-27(32-24)30-23-11-9-20(10-12-23)17-28-3/h4-17,26,33H,1-3H3,(H2,29,30,31,32). The molecular weight excluding hydrogens is 410 g/mol. The van der Waals surface area contributed by atoms with Crippen LogP contribution in [0, 0.1) is 13.8 Å². The third-order valence-electron chi connectivity index (χ3n) is 5.34. The molecular formula is C27H27N5O. The van der Waals surface area contributed by atoms with Crippen molar-refractivity contribution in [2.45, 2.75) is 20.0 Å². The van der Waals surface area contributed by atoms with Gasteiger partial charge in [-0.1, -0.05) is 54.6 Å². The minimum absolute atomic E-state index is 0.503. The number of benzene rings is 3. The summed E-state index contributed by atoms with van der Waals surface area (Å²) in [4.78, 5) is 13.0.